The monoisotopic (exact) mass is 353 g/mol. The molecule has 0 aliphatic heterocycles. The molecule has 25 heavy (non-hydrogen) atoms. The van der Waals surface area contributed by atoms with E-state index in [0.717, 1.165) is 17.7 Å². The Morgan fingerprint density at radius 2 is 1.84 bits per heavy atom. The molecule has 0 unspecified atom stereocenters. The van der Waals surface area contributed by atoms with Crippen molar-refractivity contribution in [3.63, 3.8) is 0 Å². The van der Waals surface area contributed by atoms with Crippen molar-refractivity contribution in [1.82, 2.24) is 4.98 Å². The highest BCUT2D eigenvalue weighted by Gasteiger charge is 2.18. The van der Waals surface area contributed by atoms with Crippen LogP contribution in [0.15, 0.2) is 54.6 Å². The first-order chi connectivity index (χ1) is 12.2. The molecule has 0 fully saturated rings. The van der Waals surface area contributed by atoms with E-state index in [4.69, 9.17) is 4.74 Å². The van der Waals surface area contributed by atoms with Crippen molar-refractivity contribution in [3.8, 4) is 16.3 Å². The molecule has 0 radical (unpaired) electrons. The van der Waals surface area contributed by atoms with Gasteiger partial charge in [-0.15, -0.1) is 11.3 Å². The van der Waals surface area contributed by atoms with Crippen molar-refractivity contribution in [2.45, 2.75) is 19.8 Å². The third-order valence-electron chi connectivity index (χ3n) is 3.84. The van der Waals surface area contributed by atoms with E-state index in [0.29, 0.717) is 28.6 Å². The van der Waals surface area contributed by atoms with E-state index in [-0.39, 0.29) is 0 Å². The zero-order valence-corrected chi connectivity index (χ0v) is 14.8. The largest absolute Gasteiger partial charge is 0.493 e. The van der Waals surface area contributed by atoms with E-state index in [2.05, 4.69) is 17.1 Å². The van der Waals surface area contributed by atoms with Gasteiger partial charge in [0.25, 0.3) is 0 Å². The van der Waals surface area contributed by atoms with Gasteiger partial charge in [-0.05, 0) is 24.1 Å². The minimum atomic E-state index is -0.928. The summed E-state index contributed by atoms with van der Waals surface area (Å²) >= 11 is 1.20. The normalized spacial score (nSPS) is 10.6. The number of hydrogen-bond donors (Lipinski definition) is 1. The Balaban J connectivity index is 1.80. The van der Waals surface area contributed by atoms with Gasteiger partial charge in [-0.1, -0.05) is 49.4 Å². The van der Waals surface area contributed by atoms with E-state index in [9.17, 15) is 9.90 Å². The van der Waals surface area contributed by atoms with Gasteiger partial charge in [0.1, 0.15) is 15.6 Å². The van der Waals surface area contributed by atoms with Crippen LogP contribution in [-0.4, -0.2) is 22.7 Å². The van der Waals surface area contributed by atoms with Crippen LogP contribution in [0.2, 0.25) is 0 Å². The molecular formula is C20H19NO3S. The van der Waals surface area contributed by atoms with E-state index in [1.807, 2.05) is 49.4 Å². The maximum absolute atomic E-state index is 11.4. The second-order valence-corrected chi connectivity index (χ2v) is 6.53. The average molecular weight is 353 g/mol. The quantitative estimate of drug-likeness (QED) is 0.669. The van der Waals surface area contributed by atoms with Crippen molar-refractivity contribution < 1.29 is 14.6 Å². The Morgan fingerprint density at radius 3 is 2.52 bits per heavy atom. The van der Waals surface area contributed by atoms with Crippen molar-refractivity contribution in [2.75, 3.05) is 6.61 Å². The fourth-order valence-corrected chi connectivity index (χ4v) is 3.59. The average Bonchev–Trinajstić information content (AvgIpc) is 3.08. The predicted octanol–water partition coefficient (Wildman–Crippen LogP) is 4.69. The van der Waals surface area contributed by atoms with Crippen LogP contribution in [0, 0.1) is 0 Å². The second kappa shape index (κ2) is 7.94. The lowest BCUT2D eigenvalue weighted by Gasteiger charge is -2.10. The van der Waals surface area contributed by atoms with Crippen LogP contribution in [0.4, 0.5) is 0 Å². The zero-order chi connectivity index (χ0) is 17.6. The standard InChI is InChI=1S/C20H19NO3S/c1-2-16-18(20(22)23)25-19(21-16)15-10-6-7-11-17(15)24-13-12-14-8-4-3-5-9-14/h3-11H,2,12-13H2,1H3,(H,22,23). The van der Waals surface area contributed by atoms with Crippen molar-refractivity contribution >= 4 is 17.3 Å². The molecule has 0 bridgehead atoms. The lowest BCUT2D eigenvalue weighted by Crippen LogP contribution is -2.02. The van der Waals surface area contributed by atoms with Crippen molar-refractivity contribution in [2.24, 2.45) is 0 Å². The summed E-state index contributed by atoms with van der Waals surface area (Å²) in [6.45, 7) is 2.46. The topological polar surface area (TPSA) is 59.4 Å². The lowest BCUT2D eigenvalue weighted by molar-refractivity contribution is 0.0701. The summed E-state index contributed by atoms with van der Waals surface area (Å²) in [5.74, 6) is -0.199. The Morgan fingerprint density at radius 1 is 1.12 bits per heavy atom. The molecule has 1 heterocycles. The lowest BCUT2D eigenvalue weighted by atomic mass is 10.1. The number of hydrogen-bond acceptors (Lipinski definition) is 4. The third kappa shape index (κ3) is 4.06. The van der Waals surface area contributed by atoms with Gasteiger partial charge in [0.05, 0.1) is 17.9 Å². The molecule has 0 spiro atoms. The smallest absolute Gasteiger partial charge is 0.347 e. The molecule has 4 nitrogen and oxygen atoms in total. The first-order valence-electron chi connectivity index (χ1n) is 8.18. The summed E-state index contributed by atoms with van der Waals surface area (Å²) < 4.78 is 5.96. The number of aromatic carboxylic acids is 1. The van der Waals surface area contributed by atoms with Gasteiger partial charge in [-0.25, -0.2) is 9.78 Å². The minimum absolute atomic E-state index is 0.302. The van der Waals surface area contributed by atoms with E-state index in [1.165, 1.54) is 16.9 Å². The number of ether oxygens (including phenoxy) is 1. The molecule has 0 saturated heterocycles. The van der Waals surface area contributed by atoms with E-state index in [1.54, 1.807) is 0 Å². The molecule has 5 heteroatoms. The van der Waals surface area contributed by atoms with Crippen LogP contribution < -0.4 is 4.74 Å². The molecule has 0 amide bonds. The molecule has 0 aliphatic rings. The van der Waals surface area contributed by atoms with Gasteiger partial charge in [0.2, 0.25) is 0 Å². The number of carboxylic acids is 1. The fourth-order valence-electron chi connectivity index (χ4n) is 2.57. The highest BCUT2D eigenvalue weighted by molar-refractivity contribution is 7.17. The number of aryl methyl sites for hydroxylation is 1. The molecule has 128 valence electrons. The summed E-state index contributed by atoms with van der Waals surface area (Å²) in [7, 11) is 0. The fraction of sp³-hybridized carbons (Fsp3) is 0.200. The summed E-state index contributed by atoms with van der Waals surface area (Å²) in [5.41, 5.74) is 2.67. The Kier molecular flexibility index (Phi) is 5.46. The molecule has 2 aromatic carbocycles. The first-order valence-corrected chi connectivity index (χ1v) is 8.99. The van der Waals surface area contributed by atoms with Gasteiger partial charge in [-0.2, -0.15) is 0 Å². The second-order valence-electron chi connectivity index (χ2n) is 5.53. The summed E-state index contributed by atoms with van der Waals surface area (Å²) in [6.07, 6.45) is 1.41. The molecular weight excluding hydrogens is 334 g/mol. The van der Waals surface area contributed by atoms with E-state index >= 15 is 0 Å². The number of nitrogens with zero attached hydrogens (tertiary/aromatic N) is 1. The highest BCUT2D eigenvalue weighted by atomic mass is 32.1. The molecule has 0 aliphatic carbocycles. The number of thiazole rings is 1. The molecule has 3 rings (SSSR count). The number of benzene rings is 2. The first kappa shape index (κ1) is 17.2. The van der Waals surface area contributed by atoms with Crippen LogP contribution >= 0.6 is 11.3 Å². The van der Waals surface area contributed by atoms with Crippen LogP contribution in [0.1, 0.15) is 27.9 Å². The Hall–Kier alpha value is -2.66. The number of rotatable bonds is 7. The molecule has 1 aromatic heterocycles. The predicted molar refractivity (Wildman–Crippen MR) is 99.5 cm³/mol. The van der Waals surface area contributed by atoms with Gasteiger partial charge >= 0.3 is 5.97 Å². The maximum atomic E-state index is 11.4. The van der Waals surface area contributed by atoms with Crippen LogP contribution in [0.5, 0.6) is 5.75 Å². The minimum Gasteiger partial charge on any atom is -0.493 e. The number of carboxylic acid groups (broad SMARTS) is 1. The van der Waals surface area contributed by atoms with Gasteiger partial charge < -0.3 is 9.84 Å². The summed E-state index contributed by atoms with van der Waals surface area (Å²) in [4.78, 5) is 16.2. The number of para-hydroxylation sites is 1. The number of aromatic nitrogens is 1. The maximum Gasteiger partial charge on any atom is 0.347 e. The van der Waals surface area contributed by atoms with Gasteiger partial charge in [0.15, 0.2) is 0 Å². The summed E-state index contributed by atoms with van der Waals surface area (Å²) in [5, 5.41) is 10.0. The van der Waals surface area contributed by atoms with Crippen LogP contribution in [0.25, 0.3) is 10.6 Å². The molecule has 1 N–H and O–H groups in total. The summed E-state index contributed by atoms with van der Waals surface area (Å²) in [6, 6.07) is 17.8. The van der Waals surface area contributed by atoms with E-state index < -0.39 is 5.97 Å². The highest BCUT2D eigenvalue weighted by Crippen LogP contribution is 2.34. The van der Waals surface area contributed by atoms with Gasteiger partial charge in [0, 0.05) is 6.42 Å². The van der Waals surface area contributed by atoms with Crippen molar-refractivity contribution in [3.05, 3.63) is 70.7 Å². The SMILES string of the molecule is CCc1nc(-c2ccccc2OCCc2ccccc2)sc1C(=O)O. The van der Waals surface area contributed by atoms with Gasteiger partial charge in [-0.3, -0.25) is 0 Å². The molecule has 3 aromatic rings. The zero-order valence-electron chi connectivity index (χ0n) is 13.9. The van der Waals surface area contributed by atoms with Crippen molar-refractivity contribution in [1.29, 1.82) is 0 Å². The third-order valence-corrected chi connectivity index (χ3v) is 4.95. The van der Waals surface area contributed by atoms with Crippen LogP contribution in [0.3, 0.4) is 0 Å². The molecule has 0 saturated carbocycles. The van der Waals surface area contributed by atoms with Crippen LogP contribution in [-0.2, 0) is 12.8 Å². The number of carbonyl (C=O) groups is 1. The Bertz CT molecular complexity index is 858. The Labute approximate surface area is 150 Å². The molecule has 0 atom stereocenters.